The lowest BCUT2D eigenvalue weighted by Crippen LogP contribution is -2.38. The lowest BCUT2D eigenvalue weighted by Gasteiger charge is -2.30. The van der Waals surface area contributed by atoms with Gasteiger partial charge in [0, 0.05) is 24.2 Å². The fourth-order valence-corrected chi connectivity index (χ4v) is 4.17. The van der Waals surface area contributed by atoms with Crippen molar-refractivity contribution in [3.8, 4) is 0 Å². The average Bonchev–Trinajstić information content (AvgIpc) is 2.88. The molecule has 0 N–H and O–H groups in total. The maximum absolute atomic E-state index is 13.5. The maximum atomic E-state index is 13.5. The lowest BCUT2D eigenvalue weighted by molar-refractivity contribution is -0.384. The monoisotopic (exact) mass is 470 g/mol. The molecule has 8 heteroatoms. The highest BCUT2D eigenvalue weighted by molar-refractivity contribution is 5.94. The SMILES string of the molecule is CCCN(C(=O)c1ccc([N+](=O)[O-])cc1)C(C)c1nc2ccccc2c(=O)n1Cc1ccccc1. The first kappa shape index (κ1) is 23.8. The van der Waals surface area contributed by atoms with Crippen LogP contribution in [0.15, 0.2) is 83.7 Å². The van der Waals surface area contributed by atoms with E-state index >= 15 is 0 Å². The number of hydrogen-bond acceptors (Lipinski definition) is 5. The van der Waals surface area contributed by atoms with E-state index in [1.54, 1.807) is 21.6 Å². The minimum atomic E-state index is -0.515. The predicted octanol–water partition coefficient (Wildman–Crippen LogP) is 4.97. The summed E-state index contributed by atoms with van der Waals surface area (Å²) in [5.74, 6) is 0.212. The first-order valence-corrected chi connectivity index (χ1v) is 11.5. The standard InChI is InChI=1S/C27H26N4O4/c1-3-17-29(26(32)21-13-15-22(16-14-21)31(34)35)19(2)25-28-24-12-8-7-11-23(24)27(33)30(25)18-20-9-5-4-6-10-20/h4-16,19H,3,17-18H2,1-2H3. The van der Waals surface area contributed by atoms with Crippen molar-refractivity contribution in [3.63, 3.8) is 0 Å². The van der Waals surface area contributed by atoms with Crippen molar-refractivity contribution in [3.05, 3.63) is 116 Å². The van der Waals surface area contributed by atoms with Gasteiger partial charge >= 0.3 is 0 Å². The Morgan fingerprint density at radius 1 is 1.03 bits per heavy atom. The smallest absolute Gasteiger partial charge is 0.269 e. The molecule has 178 valence electrons. The molecule has 3 aromatic carbocycles. The molecule has 1 heterocycles. The number of nitrogens with zero attached hydrogens (tertiary/aromatic N) is 4. The van der Waals surface area contributed by atoms with Gasteiger partial charge in [0.05, 0.1) is 28.4 Å². The minimum absolute atomic E-state index is 0.0791. The van der Waals surface area contributed by atoms with E-state index in [2.05, 4.69) is 0 Å². The van der Waals surface area contributed by atoms with E-state index in [-0.39, 0.29) is 17.2 Å². The molecule has 4 rings (SSSR count). The molecule has 0 radical (unpaired) electrons. The number of nitro benzene ring substituents is 1. The van der Waals surface area contributed by atoms with Crippen LogP contribution in [0.4, 0.5) is 5.69 Å². The quantitative estimate of drug-likeness (QED) is 0.268. The van der Waals surface area contributed by atoms with Crippen LogP contribution in [0, 0.1) is 10.1 Å². The zero-order valence-corrected chi connectivity index (χ0v) is 19.6. The number of amides is 1. The first-order chi connectivity index (χ1) is 16.9. The third-order valence-electron chi connectivity index (χ3n) is 5.97. The Kier molecular flexibility index (Phi) is 7.01. The molecule has 0 saturated heterocycles. The topological polar surface area (TPSA) is 98.3 Å². The van der Waals surface area contributed by atoms with Gasteiger partial charge in [-0.05, 0) is 43.2 Å². The summed E-state index contributed by atoms with van der Waals surface area (Å²) in [6, 6.07) is 21.9. The summed E-state index contributed by atoms with van der Waals surface area (Å²) >= 11 is 0. The van der Waals surface area contributed by atoms with Crippen LogP contribution in [0.25, 0.3) is 10.9 Å². The van der Waals surface area contributed by atoms with Gasteiger partial charge in [0.25, 0.3) is 17.2 Å². The molecule has 0 fully saturated rings. The van der Waals surface area contributed by atoms with Gasteiger partial charge in [-0.3, -0.25) is 24.3 Å². The van der Waals surface area contributed by atoms with Crippen LogP contribution in [-0.4, -0.2) is 31.8 Å². The van der Waals surface area contributed by atoms with Crippen molar-refractivity contribution in [2.75, 3.05) is 6.54 Å². The Balaban J connectivity index is 1.80. The van der Waals surface area contributed by atoms with Crippen LogP contribution >= 0.6 is 0 Å². The van der Waals surface area contributed by atoms with Gasteiger partial charge in [0.1, 0.15) is 5.82 Å². The summed E-state index contributed by atoms with van der Waals surface area (Å²) in [5.41, 5.74) is 1.62. The zero-order chi connectivity index (χ0) is 24.9. The number of rotatable bonds is 8. The van der Waals surface area contributed by atoms with Crippen molar-refractivity contribution in [2.24, 2.45) is 0 Å². The van der Waals surface area contributed by atoms with Crippen LogP contribution in [-0.2, 0) is 6.54 Å². The third kappa shape index (κ3) is 4.96. The van der Waals surface area contributed by atoms with Crippen molar-refractivity contribution < 1.29 is 9.72 Å². The Bertz CT molecular complexity index is 1420. The number of para-hydroxylation sites is 1. The van der Waals surface area contributed by atoms with E-state index < -0.39 is 11.0 Å². The van der Waals surface area contributed by atoms with Crippen molar-refractivity contribution >= 4 is 22.5 Å². The number of benzene rings is 3. The van der Waals surface area contributed by atoms with Crippen molar-refractivity contribution in [1.82, 2.24) is 14.5 Å². The zero-order valence-electron chi connectivity index (χ0n) is 19.6. The van der Waals surface area contributed by atoms with Crippen LogP contribution < -0.4 is 5.56 Å². The molecule has 1 unspecified atom stereocenters. The number of carbonyl (C=O) groups excluding carboxylic acids is 1. The molecule has 35 heavy (non-hydrogen) atoms. The van der Waals surface area contributed by atoms with Crippen molar-refractivity contribution in [2.45, 2.75) is 32.9 Å². The highest BCUT2D eigenvalue weighted by Crippen LogP contribution is 2.24. The van der Waals surface area contributed by atoms with Gasteiger partial charge in [-0.15, -0.1) is 0 Å². The van der Waals surface area contributed by atoms with Gasteiger partial charge in [0.15, 0.2) is 0 Å². The number of nitro groups is 1. The Labute approximate surface area is 202 Å². The highest BCUT2D eigenvalue weighted by Gasteiger charge is 2.27. The molecule has 1 atom stereocenters. The lowest BCUT2D eigenvalue weighted by atomic mass is 10.1. The second kappa shape index (κ2) is 10.3. The third-order valence-corrected chi connectivity index (χ3v) is 5.97. The maximum Gasteiger partial charge on any atom is 0.269 e. The second-order valence-electron chi connectivity index (χ2n) is 8.34. The molecule has 0 spiro atoms. The number of carbonyl (C=O) groups is 1. The van der Waals surface area contributed by atoms with E-state index in [4.69, 9.17) is 4.98 Å². The van der Waals surface area contributed by atoms with E-state index in [9.17, 15) is 19.7 Å². The summed E-state index contributed by atoms with van der Waals surface area (Å²) in [7, 11) is 0. The van der Waals surface area contributed by atoms with Gasteiger partial charge in [-0.2, -0.15) is 0 Å². The minimum Gasteiger partial charge on any atom is -0.329 e. The second-order valence-corrected chi connectivity index (χ2v) is 8.34. The van der Waals surface area contributed by atoms with E-state index in [1.807, 2.05) is 56.3 Å². The largest absolute Gasteiger partial charge is 0.329 e. The van der Waals surface area contributed by atoms with Gasteiger partial charge in [-0.1, -0.05) is 49.4 Å². The van der Waals surface area contributed by atoms with Crippen LogP contribution in [0.1, 0.15) is 48.1 Å². The van der Waals surface area contributed by atoms with Crippen LogP contribution in [0.3, 0.4) is 0 Å². The molecule has 0 bridgehead atoms. The molecule has 0 saturated carbocycles. The molecular formula is C27H26N4O4. The van der Waals surface area contributed by atoms with Crippen LogP contribution in [0.2, 0.25) is 0 Å². The first-order valence-electron chi connectivity index (χ1n) is 11.5. The van der Waals surface area contributed by atoms with E-state index in [1.165, 1.54) is 24.3 Å². The summed E-state index contributed by atoms with van der Waals surface area (Å²) in [6.07, 6.45) is 0.694. The summed E-state index contributed by atoms with van der Waals surface area (Å²) < 4.78 is 1.63. The Hall–Kier alpha value is -4.33. The molecule has 0 aliphatic heterocycles. The molecule has 0 aliphatic rings. The van der Waals surface area contributed by atoms with E-state index in [0.717, 1.165) is 5.56 Å². The Morgan fingerprint density at radius 3 is 2.34 bits per heavy atom. The summed E-state index contributed by atoms with van der Waals surface area (Å²) in [5, 5.41) is 11.5. The summed E-state index contributed by atoms with van der Waals surface area (Å²) in [4.78, 5) is 44.0. The number of hydrogen-bond donors (Lipinski definition) is 0. The number of non-ortho nitro benzene ring substituents is 1. The van der Waals surface area contributed by atoms with Crippen molar-refractivity contribution in [1.29, 1.82) is 0 Å². The van der Waals surface area contributed by atoms with E-state index in [0.29, 0.717) is 41.8 Å². The molecule has 1 aromatic heterocycles. The normalized spacial score (nSPS) is 11.8. The average molecular weight is 471 g/mol. The molecule has 0 aliphatic carbocycles. The van der Waals surface area contributed by atoms with Gasteiger partial charge in [-0.25, -0.2) is 4.98 Å². The predicted molar refractivity (Wildman–Crippen MR) is 134 cm³/mol. The van der Waals surface area contributed by atoms with Crippen LogP contribution in [0.5, 0.6) is 0 Å². The number of fused-ring (bicyclic) bond motifs is 1. The Morgan fingerprint density at radius 2 is 1.69 bits per heavy atom. The van der Waals surface area contributed by atoms with Gasteiger partial charge < -0.3 is 4.90 Å². The molecule has 1 amide bonds. The fraction of sp³-hybridized carbons (Fsp3) is 0.222. The number of aromatic nitrogens is 2. The molecular weight excluding hydrogens is 444 g/mol. The highest BCUT2D eigenvalue weighted by atomic mass is 16.6. The molecule has 4 aromatic rings. The summed E-state index contributed by atoms with van der Waals surface area (Å²) in [6.45, 7) is 4.58. The molecule has 8 nitrogen and oxygen atoms in total. The fourth-order valence-electron chi connectivity index (χ4n) is 4.17. The van der Waals surface area contributed by atoms with Gasteiger partial charge in [0.2, 0.25) is 0 Å².